The van der Waals surface area contributed by atoms with Crippen LogP contribution in [0.4, 0.5) is 5.82 Å². The molecule has 2 heterocycles. The number of hydrogen-bond acceptors (Lipinski definition) is 3. The van der Waals surface area contributed by atoms with Gasteiger partial charge < -0.3 is 5.32 Å². The van der Waals surface area contributed by atoms with Crippen molar-refractivity contribution >= 4 is 11.3 Å². The maximum Gasteiger partial charge on any atom is 0.152 e. The first-order valence-corrected chi connectivity index (χ1v) is 5.70. The third kappa shape index (κ3) is 2.39. The van der Waals surface area contributed by atoms with Gasteiger partial charge in [-0.05, 0) is 18.9 Å². The molecule has 0 bridgehead atoms. The fraction of sp³-hybridized carbons (Fsp3) is 0.385. The summed E-state index contributed by atoms with van der Waals surface area (Å²) in [7, 11) is 0. The zero-order valence-corrected chi connectivity index (χ0v) is 10.4. The lowest BCUT2D eigenvalue weighted by Crippen LogP contribution is -2.03. The monoisotopic (exact) mass is 228 g/mol. The quantitative estimate of drug-likeness (QED) is 0.819. The molecular weight excluding hydrogens is 212 g/mol. The number of anilines is 1. The van der Waals surface area contributed by atoms with Crippen molar-refractivity contribution in [3.8, 4) is 11.8 Å². The Morgan fingerprint density at radius 3 is 3.00 bits per heavy atom. The predicted octanol–water partition coefficient (Wildman–Crippen LogP) is 2.29. The molecule has 0 aliphatic carbocycles. The second kappa shape index (κ2) is 4.88. The second-order valence-electron chi connectivity index (χ2n) is 4.11. The largest absolute Gasteiger partial charge is 0.357 e. The fourth-order valence-electron chi connectivity index (χ4n) is 1.58. The molecule has 2 aromatic heterocycles. The molecule has 4 heteroatoms. The van der Waals surface area contributed by atoms with Gasteiger partial charge >= 0.3 is 0 Å². The highest BCUT2D eigenvalue weighted by Gasteiger charge is 2.08. The molecule has 4 nitrogen and oxygen atoms in total. The van der Waals surface area contributed by atoms with Crippen molar-refractivity contribution in [3.63, 3.8) is 0 Å². The van der Waals surface area contributed by atoms with E-state index < -0.39 is 0 Å². The maximum absolute atomic E-state index is 4.50. The van der Waals surface area contributed by atoms with Gasteiger partial charge in [0.15, 0.2) is 5.82 Å². The summed E-state index contributed by atoms with van der Waals surface area (Å²) in [6.07, 6.45) is 3.60. The molecule has 88 valence electrons. The van der Waals surface area contributed by atoms with Crippen molar-refractivity contribution in [2.45, 2.75) is 26.7 Å². The molecule has 0 spiro atoms. The minimum atomic E-state index is 0.415. The van der Waals surface area contributed by atoms with Gasteiger partial charge in [0.1, 0.15) is 5.52 Å². The van der Waals surface area contributed by atoms with Crippen LogP contribution in [0.25, 0.3) is 5.52 Å². The molecule has 0 saturated heterocycles. The van der Waals surface area contributed by atoms with E-state index in [-0.39, 0.29) is 0 Å². The van der Waals surface area contributed by atoms with Gasteiger partial charge in [0.2, 0.25) is 0 Å². The highest BCUT2D eigenvalue weighted by atomic mass is 15.2. The van der Waals surface area contributed by atoms with Gasteiger partial charge in [-0.15, -0.1) is 5.92 Å². The summed E-state index contributed by atoms with van der Waals surface area (Å²) in [4.78, 5) is 4.31. The second-order valence-corrected chi connectivity index (χ2v) is 4.11. The third-order valence-corrected chi connectivity index (χ3v) is 2.52. The van der Waals surface area contributed by atoms with E-state index >= 15 is 0 Å². The summed E-state index contributed by atoms with van der Waals surface area (Å²) in [6.45, 7) is 6.69. The van der Waals surface area contributed by atoms with Crippen LogP contribution >= 0.6 is 0 Å². The van der Waals surface area contributed by atoms with E-state index in [1.807, 2.05) is 17.6 Å². The number of fused-ring (bicyclic) bond motifs is 1. The molecule has 0 saturated carbocycles. The Morgan fingerprint density at radius 1 is 1.47 bits per heavy atom. The molecule has 2 rings (SSSR count). The van der Waals surface area contributed by atoms with Crippen LogP contribution in [0.5, 0.6) is 0 Å². The highest BCUT2D eigenvalue weighted by Crippen LogP contribution is 2.19. The highest BCUT2D eigenvalue weighted by molar-refractivity contribution is 5.68. The Bertz CT molecular complexity index is 572. The maximum atomic E-state index is 4.50. The van der Waals surface area contributed by atoms with E-state index in [0.29, 0.717) is 12.5 Å². The lowest BCUT2D eigenvalue weighted by atomic mass is 10.1. The minimum absolute atomic E-state index is 0.415. The number of rotatable bonds is 3. The van der Waals surface area contributed by atoms with Crippen LogP contribution < -0.4 is 5.32 Å². The Kier molecular flexibility index (Phi) is 3.29. The molecule has 0 unspecified atom stereocenters. The minimum Gasteiger partial charge on any atom is -0.357 e. The summed E-state index contributed by atoms with van der Waals surface area (Å²) >= 11 is 0. The van der Waals surface area contributed by atoms with Crippen molar-refractivity contribution < 1.29 is 0 Å². The Labute approximate surface area is 101 Å². The molecule has 17 heavy (non-hydrogen) atoms. The smallest absolute Gasteiger partial charge is 0.152 e. The van der Waals surface area contributed by atoms with Gasteiger partial charge in [-0.3, -0.25) is 0 Å². The van der Waals surface area contributed by atoms with Gasteiger partial charge in [0.05, 0.1) is 12.2 Å². The standard InChI is InChI=1S/C13H16N4/c1-4-5-6-14-13-12-9-11(10(2)3)16-17(12)8-7-15-13/h7-10H,6H2,1-3H3,(H,14,15). The Morgan fingerprint density at radius 2 is 2.29 bits per heavy atom. The average Bonchev–Trinajstić information content (AvgIpc) is 2.74. The normalized spacial score (nSPS) is 10.4. The van der Waals surface area contributed by atoms with Gasteiger partial charge in [-0.25, -0.2) is 9.50 Å². The summed E-state index contributed by atoms with van der Waals surface area (Å²) in [5.74, 6) is 7.05. The molecule has 1 N–H and O–H groups in total. The summed E-state index contributed by atoms with van der Waals surface area (Å²) < 4.78 is 1.85. The Hall–Kier alpha value is -2.02. The van der Waals surface area contributed by atoms with E-state index in [4.69, 9.17) is 0 Å². The zero-order chi connectivity index (χ0) is 12.3. The molecule has 0 aromatic carbocycles. The van der Waals surface area contributed by atoms with Crippen LogP contribution in [0, 0.1) is 11.8 Å². The van der Waals surface area contributed by atoms with Crippen molar-refractivity contribution in [3.05, 3.63) is 24.2 Å². The van der Waals surface area contributed by atoms with Crippen molar-refractivity contribution in [2.24, 2.45) is 0 Å². The Balaban J connectivity index is 2.37. The van der Waals surface area contributed by atoms with Crippen molar-refractivity contribution in [1.29, 1.82) is 0 Å². The van der Waals surface area contributed by atoms with Gasteiger partial charge in [-0.2, -0.15) is 5.10 Å². The molecule has 0 atom stereocenters. The number of hydrogen-bond donors (Lipinski definition) is 1. The fourth-order valence-corrected chi connectivity index (χ4v) is 1.58. The van der Waals surface area contributed by atoms with Gasteiger partial charge in [0.25, 0.3) is 0 Å². The molecule has 0 aliphatic heterocycles. The van der Waals surface area contributed by atoms with E-state index in [1.165, 1.54) is 0 Å². The van der Waals surface area contributed by atoms with Crippen LogP contribution in [0.15, 0.2) is 18.5 Å². The summed E-state index contributed by atoms with van der Waals surface area (Å²) in [6, 6.07) is 2.07. The number of nitrogens with zero attached hydrogens (tertiary/aromatic N) is 3. The van der Waals surface area contributed by atoms with Gasteiger partial charge in [0, 0.05) is 12.4 Å². The lowest BCUT2D eigenvalue weighted by molar-refractivity contribution is 0.787. The molecule has 0 fully saturated rings. The first-order chi connectivity index (χ1) is 8.22. The molecule has 0 amide bonds. The SMILES string of the molecule is CC#CCNc1nccn2nc(C(C)C)cc12. The van der Waals surface area contributed by atoms with Crippen LogP contribution in [0.2, 0.25) is 0 Å². The summed E-state index contributed by atoms with van der Waals surface area (Å²) in [5.41, 5.74) is 2.07. The van der Waals surface area contributed by atoms with Crippen molar-refractivity contribution in [1.82, 2.24) is 14.6 Å². The van der Waals surface area contributed by atoms with E-state index in [0.717, 1.165) is 17.0 Å². The molecule has 0 aliphatic rings. The van der Waals surface area contributed by atoms with Gasteiger partial charge in [-0.1, -0.05) is 19.8 Å². The summed E-state index contributed by atoms with van der Waals surface area (Å²) in [5, 5.41) is 7.70. The van der Waals surface area contributed by atoms with Crippen LogP contribution in [-0.4, -0.2) is 21.1 Å². The molecular formula is C13H16N4. The molecule has 2 aromatic rings. The van der Waals surface area contributed by atoms with Crippen molar-refractivity contribution in [2.75, 3.05) is 11.9 Å². The van der Waals surface area contributed by atoms with E-state index in [9.17, 15) is 0 Å². The predicted molar refractivity (Wildman–Crippen MR) is 69.0 cm³/mol. The zero-order valence-electron chi connectivity index (χ0n) is 10.4. The van der Waals surface area contributed by atoms with E-state index in [2.05, 4.69) is 47.2 Å². The topological polar surface area (TPSA) is 42.2 Å². The third-order valence-electron chi connectivity index (χ3n) is 2.52. The van der Waals surface area contributed by atoms with Crippen LogP contribution in [0.3, 0.4) is 0 Å². The van der Waals surface area contributed by atoms with E-state index in [1.54, 1.807) is 6.20 Å². The lowest BCUT2D eigenvalue weighted by Gasteiger charge is -2.02. The number of nitrogens with one attached hydrogen (secondary N) is 1. The molecule has 0 radical (unpaired) electrons. The first kappa shape index (κ1) is 11.5. The average molecular weight is 228 g/mol. The first-order valence-electron chi connectivity index (χ1n) is 5.70. The number of aromatic nitrogens is 3. The van der Waals surface area contributed by atoms with Crippen LogP contribution in [-0.2, 0) is 0 Å². The van der Waals surface area contributed by atoms with Crippen LogP contribution in [0.1, 0.15) is 32.4 Å².